The van der Waals surface area contributed by atoms with Gasteiger partial charge in [0.25, 0.3) is 10.1 Å². The fourth-order valence-corrected chi connectivity index (χ4v) is 1.26. The predicted molar refractivity (Wildman–Crippen MR) is 38.0 cm³/mol. The fraction of sp³-hybridized carbons (Fsp3) is 1.00. The predicted octanol–water partition coefficient (Wildman–Crippen LogP) is 1.17. The van der Waals surface area contributed by atoms with Gasteiger partial charge in [-0.25, -0.2) is 0 Å². The second kappa shape index (κ2) is 3.85. The number of hydrogen-bond acceptors (Lipinski definition) is 2. The smallest absolute Gasteiger partial charge is 0.265 e. The lowest BCUT2D eigenvalue weighted by atomic mass is 10.3. The molecule has 0 spiro atoms. The Morgan fingerprint density at radius 3 is 1.78 bits per heavy atom. The molecule has 4 heteroatoms. The third-order valence-electron chi connectivity index (χ3n) is 0.544. The van der Waals surface area contributed by atoms with Crippen LogP contribution in [-0.4, -0.2) is 18.7 Å². The van der Waals surface area contributed by atoms with E-state index >= 15 is 0 Å². The van der Waals surface area contributed by atoms with Crippen molar-refractivity contribution in [1.82, 2.24) is 0 Å². The monoisotopic (exact) mass is 154 g/mol. The minimum Gasteiger partial charge on any atom is -0.286 e. The molecule has 0 fully saturated rings. The van der Waals surface area contributed by atoms with E-state index in [9.17, 15) is 8.42 Å². The maximum atomic E-state index is 10.00. The molecule has 1 N–H and O–H groups in total. The van der Waals surface area contributed by atoms with Gasteiger partial charge in [0.15, 0.2) is 0 Å². The van der Waals surface area contributed by atoms with Crippen LogP contribution in [-0.2, 0) is 10.1 Å². The summed E-state index contributed by atoms with van der Waals surface area (Å²) < 4.78 is 28.2. The molecule has 0 rings (SSSR count). The number of hydrogen-bond donors (Lipinski definition) is 1. The lowest BCUT2D eigenvalue weighted by molar-refractivity contribution is 0.473. The molecule has 0 amide bonds. The Labute approximate surface area is 56.8 Å². The summed E-state index contributed by atoms with van der Waals surface area (Å²) in [6.45, 7) is 3.46. The molecule has 58 valence electrons. The summed E-state index contributed by atoms with van der Waals surface area (Å²) in [5, 5.41) is 0. The first kappa shape index (κ1) is 11.7. The van der Waals surface area contributed by atoms with Crippen molar-refractivity contribution in [2.45, 2.75) is 21.3 Å². The summed E-state index contributed by atoms with van der Waals surface area (Å²) >= 11 is 0. The Bertz CT molecular complexity index is 146. The highest BCUT2D eigenvalue weighted by molar-refractivity contribution is 7.85. The Balaban J connectivity index is 0. The molecule has 0 bridgehead atoms. The van der Waals surface area contributed by atoms with Crippen molar-refractivity contribution in [3.05, 3.63) is 0 Å². The van der Waals surface area contributed by atoms with Crippen molar-refractivity contribution in [3.8, 4) is 0 Å². The molecule has 0 aliphatic rings. The molecular weight excluding hydrogens is 140 g/mol. The zero-order valence-corrected chi connectivity index (χ0v) is 5.77. The van der Waals surface area contributed by atoms with E-state index in [1.807, 2.05) is 0 Å². The Kier molecular flexibility index (Phi) is 4.99. The molecular formula is C5H14O3S. The summed E-state index contributed by atoms with van der Waals surface area (Å²) in [6.07, 6.45) is 0. The third kappa shape index (κ3) is 11.5. The molecule has 0 aliphatic heterocycles. The highest BCUT2D eigenvalue weighted by Crippen LogP contribution is 1.95. The van der Waals surface area contributed by atoms with Gasteiger partial charge >= 0.3 is 0 Å². The Hall–Kier alpha value is -0.0900. The van der Waals surface area contributed by atoms with E-state index < -0.39 is 10.1 Å². The zero-order chi connectivity index (χ0) is 6.78. The maximum Gasteiger partial charge on any atom is 0.265 e. The van der Waals surface area contributed by atoms with Gasteiger partial charge in [-0.05, 0) is 5.92 Å². The van der Waals surface area contributed by atoms with Crippen LogP contribution in [0.2, 0.25) is 0 Å². The van der Waals surface area contributed by atoms with E-state index in [-0.39, 0.29) is 19.1 Å². The second-order valence-electron chi connectivity index (χ2n) is 2.14. The van der Waals surface area contributed by atoms with E-state index in [1.165, 1.54) is 0 Å². The molecule has 9 heavy (non-hydrogen) atoms. The van der Waals surface area contributed by atoms with Gasteiger partial charge in [-0.15, -0.1) is 0 Å². The van der Waals surface area contributed by atoms with Crippen LogP contribution in [0.5, 0.6) is 0 Å². The van der Waals surface area contributed by atoms with Crippen LogP contribution < -0.4 is 0 Å². The molecule has 0 saturated heterocycles. The Morgan fingerprint density at radius 1 is 1.44 bits per heavy atom. The van der Waals surface area contributed by atoms with Crippen molar-refractivity contribution in [3.63, 3.8) is 0 Å². The van der Waals surface area contributed by atoms with Crippen LogP contribution in [0.3, 0.4) is 0 Å². The van der Waals surface area contributed by atoms with Gasteiger partial charge in [-0.3, -0.25) is 4.55 Å². The van der Waals surface area contributed by atoms with Crippen molar-refractivity contribution >= 4 is 10.1 Å². The van der Waals surface area contributed by atoms with Crippen LogP contribution in [0.1, 0.15) is 21.3 Å². The van der Waals surface area contributed by atoms with Crippen molar-refractivity contribution in [2.75, 3.05) is 5.75 Å². The fourth-order valence-electron chi connectivity index (χ4n) is 0.421. The standard InChI is InChI=1S/C4H10O3S.CH4/c1-4(2)3-8(5,6)7;/h4H,3H2,1-2H3,(H,5,6,7);1H4. The first-order valence-corrected chi connectivity index (χ1v) is 3.98. The SMILES string of the molecule is C.CC(C)CS(=O)(=O)O. The van der Waals surface area contributed by atoms with Crippen LogP contribution >= 0.6 is 0 Å². The molecule has 0 aliphatic carbocycles. The van der Waals surface area contributed by atoms with Gasteiger partial charge in [-0.1, -0.05) is 21.3 Å². The summed E-state index contributed by atoms with van der Waals surface area (Å²) in [5.74, 6) is -0.141. The molecule has 3 nitrogen and oxygen atoms in total. The first-order chi connectivity index (χ1) is 3.42. The third-order valence-corrected chi connectivity index (χ3v) is 1.63. The molecule has 0 aromatic carbocycles. The molecule has 0 radical (unpaired) electrons. The van der Waals surface area contributed by atoms with E-state index in [1.54, 1.807) is 13.8 Å². The van der Waals surface area contributed by atoms with E-state index in [2.05, 4.69) is 0 Å². The van der Waals surface area contributed by atoms with Crippen molar-refractivity contribution < 1.29 is 13.0 Å². The zero-order valence-electron chi connectivity index (χ0n) is 4.96. The van der Waals surface area contributed by atoms with Crippen molar-refractivity contribution in [2.24, 2.45) is 5.92 Å². The summed E-state index contributed by atoms with van der Waals surface area (Å²) in [4.78, 5) is 0. The van der Waals surface area contributed by atoms with Crippen molar-refractivity contribution in [1.29, 1.82) is 0 Å². The van der Waals surface area contributed by atoms with Crippen LogP contribution in [0, 0.1) is 5.92 Å². The Morgan fingerprint density at radius 2 is 1.78 bits per heavy atom. The van der Waals surface area contributed by atoms with Gasteiger partial charge in [0.2, 0.25) is 0 Å². The largest absolute Gasteiger partial charge is 0.286 e. The molecule has 0 saturated carbocycles. The number of rotatable bonds is 2. The van der Waals surface area contributed by atoms with Crippen LogP contribution in [0.15, 0.2) is 0 Å². The molecule has 0 unspecified atom stereocenters. The van der Waals surface area contributed by atoms with Gasteiger partial charge < -0.3 is 0 Å². The van der Waals surface area contributed by atoms with Gasteiger partial charge in [-0.2, -0.15) is 8.42 Å². The van der Waals surface area contributed by atoms with Gasteiger partial charge in [0, 0.05) is 0 Å². The van der Waals surface area contributed by atoms with Gasteiger partial charge in [0.1, 0.15) is 0 Å². The van der Waals surface area contributed by atoms with E-state index in [0.717, 1.165) is 0 Å². The highest BCUT2D eigenvalue weighted by atomic mass is 32.2. The lowest BCUT2D eigenvalue weighted by Crippen LogP contribution is -2.09. The van der Waals surface area contributed by atoms with Crippen LogP contribution in [0.25, 0.3) is 0 Å². The highest BCUT2D eigenvalue weighted by Gasteiger charge is 2.05. The molecule has 0 aromatic rings. The maximum absolute atomic E-state index is 10.00. The average Bonchev–Trinajstić information content (AvgIpc) is 1.21. The quantitative estimate of drug-likeness (QED) is 0.607. The van der Waals surface area contributed by atoms with Crippen LogP contribution in [0.4, 0.5) is 0 Å². The summed E-state index contributed by atoms with van der Waals surface area (Å²) in [5.41, 5.74) is 0. The minimum atomic E-state index is -3.72. The average molecular weight is 154 g/mol. The molecule has 0 aromatic heterocycles. The second-order valence-corrected chi connectivity index (χ2v) is 3.64. The molecule has 0 heterocycles. The van der Waals surface area contributed by atoms with E-state index in [0.29, 0.717) is 0 Å². The topological polar surface area (TPSA) is 54.4 Å². The lowest BCUT2D eigenvalue weighted by Gasteiger charge is -1.97. The minimum absolute atomic E-state index is 0. The molecule has 0 atom stereocenters. The van der Waals surface area contributed by atoms with Gasteiger partial charge in [0.05, 0.1) is 5.75 Å². The normalized spacial score (nSPS) is 11.1. The summed E-state index contributed by atoms with van der Waals surface area (Å²) in [7, 11) is -3.72. The summed E-state index contributed by atoms with van der Waals surface area (Å²) in [6, 6.07) is 0. The van der Waals surface area contributed by atoms with E-state index in [4.69, 9.17) is 4.55 Å². The first-order valence-electron chi connectivity index (χ1n) is 2.37.